The van der Waals surface area contributed by atoms with Crippen LogP contribution in [0, 0.1) is 5.92 Å². The lowest BCUT2D eigenvalue weighted by Crippen LogP contribution is -2.41. The van der Waals surface area contributed by atoms with Crippen LogP contribution in [0.4, 0.5) is 0 Å². The van der Waals surface area contributed by atoms with Gasteiger partial charge < -0.3 is 9.88 Å². The number of hydrogen-bond acceptors (Lipinski definition) is 1. The number of aromatic nitrogens is 1. The molecular weight excluding hydrogens is 284 g/mol. The summed E-state index contributed by atoms with van der Waals surface area (Å²) in [5.41, 5.74) is 2.57. The molecule has 23 heavy (non-hydrogen) atoms. The molecule has 1 aliphatic carbocycles. The van der Waals surface area contributed by atoms with Crippen LogP contribution in [0.15, 0.2) is 30.3 Å². The number of H-pyrrole nitrogens is 1. The Bertz CT molecular complexity index is 643. The van der Waals surface area contributed by atoms with E-state index in [1.54, 1.807) is 0 Å². The summed E-state index contributed by atoms with van der Waals surface area (Å²) in [6.07, 6.45) is 8.19. The maximum atomic E-state index is 12.7. The Morgan fingerprint density at radius 1 is 1.00 bits per heavy atom. The van der Waals surface area contributed by atoms with E-state index in [2.05, 4.69) is 40.2 Å². The predicted octanol–water partition coefficient (Wildman–Crippen LogP) is 4.45. The number of nitrogens with one attached hydrogen (secondary N) is 1. The van der Waals surface area contributed by atoms with Crippen molar-refractivity contribution in [2.75, 3.05) is 13.1 Å². The molecule has 2 heterocycles. The topological polar surface area (TPSA) is 36.1 Å². The molecule has 2 fully saturated rings. The van der Waals surface area contributed by atoms with Crippen LogP contribution in [0.2, 0.25) is 0 Å². The molecule has 1 N–H and O–H groups in total. The first-order chi connectivity index (χ1) is 11.3. The number of piperidine rings is 1. The second kappa shape index (κ2) is 6.38. The summed E-state index contributed by atoms with van der Waals surface area (Å²) >= 11 is 0. The number of nitrogens with zero attached hydrogens (tertiary/aromatic N) is 1. The lowest BCUT2D eigenvalue weighted by Gasteiger charge is -2.35. The van der Waals surface area contributed by atoms with Gasteiger partial charge in [-0.2, -0.15) is 0 Å². The third-order valence-corrected chi connectivity index (χ3v) is 5.75. The van der Waals surface area contributed by atoms with E-state index in [4.69, 9.17) is 0 Å². The van der Waals surface area contributed by atoms with Gasteiger partial charge in [0.15, 0.2) is 0 Å². The van der Waals surface area contributed by atoms with Crippen molar-refractivity contribution in [1.29, 1.82) is 0 Å². The van der Waals surface area contributed by atoms with Crippen LogP contribution in [-0.4, -0.2) is 28.9 Å². The minimum absolute atomic E-state index is 0.313. The van der Waals surface area contributed by atoms with Crippen LogP contribution in [0.3, 0.4) is 0 Å². The van der Waals surface area contributed by atoms with Gasteiger partial charge in [0.05, 0.1) is 0 Å². The average molecular weight is 310 g/mol. The van der Waals surface area contributed by atoms with Gasteiger partial charge in [-0.1, -0.05) is 37.5 Å². The van der Waals surface area contributed by atoms with Crippen LogP contribution in [0.5, 0.6) is 0 Å². The largest absolute Gasteiger partial charge is 0.358 e. The van der Waals surface area contributed by atoms with Gasteiger partial charge in [0.2, 0.25) is 5.91 Å². The SMILES string of the molecule is O=C(C1CCCCC1)N1CCC(c2cc3ccccc3[nH]2)CC1. The van der Waals surface area contributed by atoms with Gasteiger partial charge in [-0.05, 0) is 43.2 Å². The zero-order valence-corrected chi connectivity index (χ0v) is 13.8. The van der Waals surface area contributed by atoms with Crippen LogP contribution >= 0.6 is 0 Å². The molecule has 1 saturated heterocycles. The number of likely N-dealkylation sites (tertiary alicyclic amines) is 1. The highest BCUT2D eigenvalue weighted by molar-refractivity contribution is 5.80. The standard InChI is InChI=1S/C20H26N2O/c23-20(16-6-2-1-3-7-16)22-12-10-15(11-13-22)19-14-17-8-4-5-9-18(17)21-19/h4-5,8-9,14-16,21H,1-3,6-7,10-13H2. The average Bonchev–Trinajstić information content (AvgIpc) is 3.06. The first-order valence-corrected chi connectivity index (χ1v) is 9.18. The second-order valence-electron chi connectivity index (χ2n) is 7.25. The van der Waals surface area contributed by atoms with Gasteiger partial charge in [0.25, 0.3) is 0 Å². The molecule has 0 radical (unpaired) electrons. The molecule has 3 heteroatoms. The molecule has 0 bridgehead atoms. The summed E-state index contributed by atoms with van der Waals surface area (Å²) in [7, 11) is 0. The Morgan fingerprint density at radius 2 is 1.74 bits per heavy atom. The highest BCUT2D eigenvalue weighted by Crippen LogP contribution is 2.32. The molecule has 1 aliphatic heterocycles. The molecule has 4 rings (SSSR count). The highest BCUT2D eigenvalue weighted by Gasteiger charge is 2.29. The van der Waals surface area contributed by atoms with Gasteiger partial charge in [-0.3, -0.25) is 4.79 Å². The number of hydrogen-bond donors (Lipinski definition) is 1. The van der Waals surface area contributed by atoms with Gasteiger partial charge in [-0.25, -0.2) is 0 Å². The molecule has 122 valence electrons. The van der Waals surface area contributed by atoms with Crippen LogP contribution < -0.4 is 0 Å². The minimum Gasteiger partial charge on any atom is -0.358 e. The fourth-order valence-electron chi connectivity index (χ4n) is 4.33. The van der Waals surface area contributed by atoms with E-state index in [9.17, 15) is 4.79 Å². The van der Waals surface area contributed by atoms with Gasteiger partial charge in [-0.15, -0.1) is 0 Å². The number of rotatable bonds is 2. The predicted molar refractivity (Wildman–Crippen MR) is 93.4 cm³/mol. The summed E-state index contributed by atoms with van der Waals surface area (Å²) in [5, 5.41) is 1.29. The lowest BCUT2D eigenvalue weighted by molar-refractivity contribution is -0.137. The maximum absolute atomic E-state index is 12.7. The van der Waals surface area contributed by atoms with E-state index < -0.39 is 0 Å². The quantitative estimate of drug-likeness (QED) is 0.873. The van der Waals surface area contributed by atoms with E-state index in [1.165, 1.54) is 35.9 Å². The van der Waals surface area contributed by atoms with E-state index >= 15 is 0 Å². The molecule has 1 aromatic heterocycles. The van der Waals surface area contributed by atoms with Crippen molar-refractivity contribution in [3.05, 3.63) is 36.0 Å². The van der Waals surface area contributed by atoms with Gasteiger partial charge in [0, 0.05) is 36.1 Å². The number of carbonyl (C=O) groups excluding carboxylic acids is 1. The summed E-state index contributed by atoms with van der Waals surface area (Å²) in [5.74, 6) is 1.31. The smallest absolute Gasteiger partial charge is 0.225 e. The molecule has 2 aromatic rings. The summed E-state index contributed by atoms with van der Waals surface area (Å²) in [4.78, 5) is 18.4. The van der Waals surface area contributed by atoms with Crippen molar-refractivity contribution in [2.45, 2.75) is 50.9 Å². The van der Waals surface area contributed by atoms with Gasteiger partial charge >= 0.3 is 0 Å². The third kappa shape index (κ3) is 3.01. The zero-order chi connectivity index (χ0) is 15.6. The van der Waals surface area contributed by atoms with Crippen LogP contribution in [0.25, 0.3) is 10.9 Å². The highest BCUT2D eigenvalue weighted by atomic mass is 16.2. The molecule has 0 unspecified atom stereocenters. The van der Waals surface area contributed by atoms with Crippen molar-refractivity contribution in [2.24, 2.45) is 5.92 Å². The fraction of sp³-hybridized carbons (Fsp3) is 0.550. The monoisotopic (exact) mass is 310 g/mol. The number of benzene rings is 1. The Hall–Kier alpha value is -1.77. The van der Waals surface area contributed by atoms with E-state index in [0.717, 1.165) is 38.8 Å². The number of amides is 1. The summed E-state index contributed by atoms with van der Waals surface area (Å²) in [6.45, 7) is 1.85. The molecule has 1 amide bonds. The summed E-state index contributed by atoms with van der Waals surface area (Å²) < 4.78 is 0. The minimum atomic E-state index is 0.313. The molecule has 0 atom stereocenters. The molecule has 3 nitrogen and oxygen atoms in total. The normalized spacial score (nSPS) is 21.0. The van der Waals surface area contributed by atoms with E-state index in [0.29, 0.717) is 17.7 Å². The first kappa shape index (κ1) is 14.8. The second-order valence-corrected chi connectivity index (χ2v) is 7.25. The van der Waals surface area contributed by atoms with Crippen molar-refractivity contribution in [3.63, 3.8) is 0 Å². The molecular formula is C20H26N2O. The van der Waals surface area contributed by atoms with Crippen molar-refractivity contribution in [1.82, 2.24) is 9.88 Å². The van der Waals surface area contributed by atoms with Crippen molar-refractivity contribution >= 4 is 16.8 Å². The fourth-order valence-corrected chi connectivity index (χ4v) is 4.33. The Labute approximate surface area is 138 Å². The molecule has 1 aromatic carbocycles. The van der Waals surface area contributed by atoms with Crippen LogP contribution in [0.1, 0.15) is 56.6 Å². The van der Waals surface area contributed by atoms with Crippen molar-refractivity contribution in [3.8, 4) is 0 Å². The third-order valence-electron chi connectivity index (χ3n) is 5.75. The number of para-hydroxylation sites is 1. The van der Waals surface area contributed by atoms with Crippen molar-refractivity contribution < 1.29 is 4.79 Å². The molecule has 2 aliphatic rings. The van der Waals surface area contributed by atoms with Gasteiger partial charge in [0.1, 0.15) is 0 Å². The number of aromatic amines is 1. The Balaban J connectivity index is 1.39. The Kier molecular flexibility index (Phi) is 4.11. The zero-order valence-electron chi connectivity index (χ0n) is 13.8. The van der Waals surface area contributed by atoms with E-state index in [-0.39, 0.29) is 0 Å². The Morgan fingerprint density at radius 3 is 2.48 bits per heavy atom. The maximum Gasteiger partial charge on any atom is 0.225 e. The lowest BCUT2D eigenvalue weighted by atomic mass is 9.87. The number of fused-ring (bicyclic) bond motifs is 1. The van der Waals surface area contributed by atoms with E-state index in [1.807, 2.05) is 0 Å². The molecule has 0 spiro atoms. The van der Waals surface area contributed by atoms with Crippen LogP contribution in [-0.2, 0) is 4.79 Å². The first-order valence-electron chi connectivity index (χ1n) is 9.18. The number of carbonyl (C=O) groups is 1. The summed E-state index contributed by atoms with van der Waals surface area (Å²) in [6, 6.07) is 10.8. The molecule has 1 saturated carbocycles.